The molecule has 2 aromatic rings. The zero-order valence-electron chi connectivity index (χ0n) is 8.41. The van der Waals surface area contributed by atoms with Gasteiger partial charge in [-0.25, -0.2) is 0 Å². The minimum atomic E-state index is -0.123. The third kappa shape index (κ3) is 1.64. The molecule has 3 nitrogen and oxygen atoms in total. The molecule has 1 heterocycles. The van der Waals surface area contributed by atoms with Crippen LogP contribution in [0.1, 0.15) is 5.56 Å². The first-order valence-corrected chi connectivity index (χ1v) is 4.58. The van der Waals surface area contributed by atoms with Gasteiger partial charge in [0.1, 0.15) is 5.75 Å². The molecule has 0 aliphatic heterocycles. The molecule has 0 radical (unpaired) electrons. The Morgan fingerprint density at radius 2 is 2.20 bits per heavy atom. The van der Waals surface area contributed by atoms with Crippen molar-refractivity contribution in [1.29, 1.82) is 0 Å². The van der Waals surface area contributed by atoms with Crippen LogP contribution in [-0.2, 0) is 0 Å². The number of ether oxygens (including phenoxy) is 1. The number of hydrogen-bond donors (Lipinski definition) is 1. The Labute approximate surface area is 87.0 Å². The van der Waals surface area contributed by atoms with E-state index in [1.54, 1.807) is 13.2 Å². The second-order valence-corrected chi connectivity index (χ2v) is 3.21. The number of aromatic nitrogens is 1. The van der Waals surface area contributed by atoms with Gasteiger partial charge in [-0.2, -0.15) is 0 Å². The van der Waals surface area contributed by atoms with Gasteiger partial charge in [-0.1, -0.05) is 12.7 Å². The highest BCUT2D eigenvalue weighted by Gasteiger charge is 2.00. The number of aromatic amines is 1. The minimum Gasteiger partial charge on any atom is -0.497 e. The molecular weight excluding hydrogens is 190 g/mol. The van der Waals surface area contributed by atoms with E-state index < -0.39 is 0 Å². The summed E-state index contributed by atoms with van der Waals surface area (Å²) in [4.78, 5) is 14.2. The van der Waals surface area contributed by atoms with Gasteiger partial charge < -0.3 is 9.72 Å². The lowest BCUT2D eigenvalue weighted by Crippen LogP contribution is -2.08. The van der Waals surface area contributed by atoms with Crippen LogP contribution in [0.4, 0.5) is 0 Å². The Kier molecular flexibility index (Phi) is 2.29. The average molecular weight is 201 g/mol. The highest BCUT2D eigenvalue weighted by molar-refractivity contribution is 5.81. The monoisotopic (exact) mass is 201 g/mol. The van der Waals surface area contributed by atoms with E-state index in [2.05, 4.69) is 11.6 Å². The molecule has 1 N–H and O–H groups in total. The van der Waals surface area contributed by atoms with Crippen molar-refractivity contribution in [3.8, 4) is 5.75 Å². The second kappa shape index (κ2) is 3.61. The summed E-state index contributed by atoms with van der Waals surface area (Å²) >= 11 is 0. The number of rotatable bonds is 2. The first kappa shape index (κ1) is 9.52. The van der Waals surface area contributed by atoms with Crippen LogP contribution in [0.15, 0.2) is 35.6 Å². The SMILES string of the molecule is C=Cc1cc2cc(OC)ccc2[nH]c1=O. The van der Waals surface area contributed by atoms with Crippen LogP contribution in [0, 0.1) is 0 Å². The van der Waals surface area contributed by atoms with Crippen molar-refractivity contribution in [2.24, 2.45) is 0 Å². The summed E-state index contributed by atoms with van der Waals surface area (Å²) < 4.78 is 5.11. The number of benzene rings is 1. The fourth-order valence-corrected chi connectivity index (χ4v) is 1.48. The molecule has 1 aromatic heterocycles. The number of nitrogens with one attached hydrogen (secondary N) is 1. The summed E-state index contributed by atoms with van der Waals surface area (Å²) in [7, 11) is 1.61. The average Bonchev–Trinajstić information content (AvgIpc) is 2.27. The summed E-state index contributed by atoms with van der Waals surface area (Å²) in [6.07, 6.45) is 1.54. The fourth-order valence-electron chi connectivity index (χ4n) is 1.48. The molecule has 0 atom stereocenters. The lowest BCUT2D eigenvalue weighted by atomic mass is 10.1. The molecule has 3 heteroatoms. The number of H-pyrrole nitrogens is 1. The van der Waals surface area contributed by atoms with E-state index in [0.717, 1.165) is 16.7 Å². The van der Waals surface area contributed by atoms with Crippen molar-refractivity contribution in [2.75, 3.05) is 7.11 Å². The first-order valence-electron chi connectivity index (χ1n) is 4.58. The Balaban J connectivity index is 2.76. The van der Waals surface area contributed by atoms with Crippen molar-refractivity contribution in [3.05, 3.63) is 46.8 Å². The Hall–Kier alpha value is -2.03. The molecule has 2 rings (SSSR count). The molecular formula is C12H11NO2. The van der Waals surface area contributed by atoms with E-state index in [1.165, 1.54) is 6.08 Å². The standard InChI is InChI=1S/C12H11NO2/c1-3-8-6-9-7-10(15-2)4-5-11(9)13-12(8)14/h3-7H,1H2,2H3,(H,13,14). The van der Waals surface area contributed by atoms with E-state index in [0.29, 0.717) is 5.56 Å². The van der Waals surface area contributed by atoms with Gasteiger partial charge in [0.15, 0.2) is 0 Å². The number of hydrogen-bond acceptors (Lipinski definition) is 2. The van der Waals surface area contributed by atoms with E-state index in [-0.39, 0.29) is 5.56 Å². The highest BCUT2D eigenvalue weighted by atomic mass is 16.5. The molecule has 0 bridgehead atoms. The van der Waals surface area contributed by atoms with Crippen LogP contribution >= 0.6 is 0 Å². The van der Waals surface area contributed by atoms with E-state index in [4.69, 9.17) is 4.74 Å². The summed E-state index contributed by atoms with van der Waals surface area (Å²) in [6, 6.07) is 7.30. The van der Waals surface area contributed by atoms with Gasteiger partial charge in [-0.15, -0.1) is 0 Å². The predicted octanol–water partition coefficient (Wildman–Crippen LogP) is 2.18. The van der Waals surface area contributed by atoms with Crippen molar-refractivity contribution < 1.29 is 4.74 Å². The third-order valence-corrected chi connectivity index (χ3v) is 2.30. The van der Waals surface area contributed by atoms with Gasteiger partial charge in [0, 0.05) is 16.5 Å². The lowest BCUT2D eigenvalue weighted by Gasteiger charge is -2.02. The third-order valence-electron chi connectivity index (χ3n) is 2.30. The molecule has 0 unspecified atom stereocenters. The van der Waals surface area contributed by atoms with Crippen molar-refractivity contribution in [2.45, 2.75) is 0 Å². The minimum absolute atomic E-state index is 0.123. The van der Waals surface area contributed by atoms with Crippen LogP contribution in [-0.4, -0.2) is 12.1 Å². The van der Waals surface area contributed by atoms with Gasteiger partial charge in [0.05, 0.1) is 7.11 Å². The van der Waals surface area contributed by atoms with Crippen molar-refractivity contribution in [1.82, 2.24) is 4.98 Å². The Morgan fingerprint density at radius 3 is 2.87 bits per heavy atom. The quantitative estimate of drug-likeness (QED) is 0.809. The topological polar surface area (TPSA) is 42.1 Å². The zero-order valence-corrected chi connectivity index (χ0v) is 8.41. The molecule has 76 valence electrons. The van der Waals surface area contributed by atoms with Gasteiger partial charge in [0.2, 0.25) is 0 Å². The summed E-state index contributed by atoms with van der Waals surface area (Å²) in [5, 5.41) is 0.934. The zero-order chi connectivity index (χ0) is 10.8. The normalized spacial score (nSPS) is 10.2. The molecule has 0 aliphatic carbocycles. The van der Waals surface area contributed by atoms with Crippen LogP contribution in [0.5, 0.6) is 5.75 Å². The van der Waals surface area contributed by atoms with Crippen LogP contribution in [0.25, 0.3) is 17.0 Å². The van der Waals surface area contributed by atoms with Crippen LogP contribution in [0.3, 0.4) is 0 Å². The summed E-state index contributed by atoms with van der Waals surface area (Å²) in [6.45, 7) is 3.59. The molecule has 1 aromatic carbocycles. The maximum atomic E-state index is 11.5. The molecule has 15 heavy (non-hydrogen) atoms. The number of methoxy groups -OCH3 is 1. The smallest absolute Gasteiger partial charge is 0.255 e. The van der Waals surface area contributed by atoms with Crippen LogP contribution < -0.4 is 10.3 Å². The second-order valence-electron chi connectivity index (χ2n) is 3.21. The predicted molar refractivity (Wildman–Crippen MR) is 61.2 cm³/mol. The number of fused-ring (bicyclic) bond motifs is 1. The largest absolute Gasteiger partial charge is 0.497 e. The molecule has 0 saturated heterocycles. The molecule has 0 fully saturated rings. The van der Waals surface area contributed by atoms with Gasteiger partial charge in [0.25, 0.3) is 5.56 Å². The Bertz CT molecular complexity index is 569. The lowest BCUT2D eigenvalue weighted by molar-refractivity contribution is 0.415. The van der Waals surface area contributed by atoms with E-state index >= 15 is 0 Å². The van der Waals surface area contributed by atoms with E-state index in [9.17, 15) is 4.79 Å². The maximum absolute atomic E-state index is 11.5. The maximum Gasteiger partial charge on any atom is 0.255 e. The molecule has 0 saturated carbocycles. The highest BCUT2D eigenvalue weighted by Crippen LogP contribution is 2.18. The van der Waals surface area contributed by atoms with Crippen molar-refractivity contribution >= 4 is 17.0 Å². The van der Waals surface area contributed by atoms with Gasteiger partial charge in [-0.3, -0.25) is 4.79 Å². The summed E-state index contributed by atoms with van der Waals surface area (Å²) in [5.41, 5.74) is 1.24. The van der Waals surface area contributed by atoms with Gasteiger partial charge in [-0.05, 0) is 24.3 Å². The summed E-state index contributed by atoms with van der Waals surface area (Å²) in [5.74, 6) is 0.768. The van der Waals surface area contributed by atoms with Crippen molar-refractivity contribution in [3.63, 3.8) is 0 Å². The number of pyridine rings is 1. The Morgan fingerprint density at radius 1 is 1.40 bits per heavy atom. The van der Waals surface area contributed by atoms with Gasteiger partial charge >= 0.3 is 0 Å². The first-order chi connectivity index (χ1) is 7.24. The molecule has 0 amide bonds. The molecule has 0 aliphatic rings. The fraction of sp³-hybridized carbons (Fsp3) is 0.0833. The van der Waals surface area contributed by atoms with Crippen LogP contribution in [0.2, 0.25) is 0 Å². The molecule has 0 spiro atoms. The van der Waals surface area contributed by atoms with E-state index in [1.807, 2.05) is 18.2 Å².